The van der Waals surface area contributed by atoms with Crippen LogP contribution in [0.1, 0.15) is 0 Å². The lowest BCUT2D eigenvalue weighted by molar-refractivity contribution is 0.0853. The standard InChI is InChI=1S/C12H17NO3S/c1-14-10-4-3-9(7-11(10)15-2)17-12-8-13-5-6-16-12/h3-4,7,12-13H,5-6,8H2,1-2H3. The number of ether oxygens (including phenoxy) is 3. The Labute approximate surface area is 106 Å². The molecule has 0 aliphatic carbocycles. The highest BCUT2D eigenvalue weighted by Gasteiger charge is 2.15. The summed E-state index contributed by atoms with van der Waals surface area (Å²) in [4.78, 5) is 1.12. The van der Waals surface area contributed by atoms with Crippen molar-refractivity contribution in [2.75, 3.05) is 33.9 Å². The van der Waals surface area contributed by atoms with E-state index in [0.717, 1.165) is 36.1 Å². The van der Waals surface area contributed by atoms with Crippen molar-refractivity contribution in [2.24, 2.45) is 0 Å². The number of methoxy groups -OCH3 is 2. The van der Waals surface area contributed by atoms with Crippen molar-refractivity contribution in [1.29, 1.82) is 0 Å². The molecule has 5 heteroatoms. The molecule has 1 heterocycles. The molecule has 1 aliphatic rings. The lowest BCUT2D eigenvalue weighted by atomic mass is 10.3. The summed E-state index contributed by atoms with van der Waals surface area (Å²) in [5, 5.41) is 3.30. The van der Waals surface area contributed by atoms with Gasteiger partial charge in [0.25, 0.3) is 0 Å². The molecular weight excluding hydrogens is 238 g/mol. The number of rotatable bonds is 4. The lowest BCUT2D eigenvalue weighted by Gasteiger charge is -2.23. The molecule has 1 aliphatic heterocycles. The average Bonchev–Trinajstić information content (AvgIpc) is 2.40. The molecule has 1 N–H and O–H groups in total. The summed E-state index contributed by atoms with van der Waals surface area (Å²) in [5.74, 6) is 1.50. The van der Waals surface area contributed by atoms with Crippen LogP contribution in [0.15, 0.2) is 23.1 Å². The smallest absolute Gasteiger partial charge is 0.161 e. The van der Waals surface area contributed by atoms with Crippen LogP contribution in [0, 0.1) is 0 Å². The van der Waals surface area contributed by atoms with Gasteiger partial charge in [-0.2, -0.15) is 0 Å². The summed E-state index contributed by atoms with van der Waals surface area (Å²) in [7, 11) is 3.28. The second kappa shape index (κ2) is 6.14. The molecule has 1 aromatic rings. The maximum atomic E-state index is 5.64. The molecule has 1 fully saturated rings. The number of nitrogens with one attached hydrogen (secondary N) is 1. The molecule has 0 amide bonds. The Hall–Kier alpha value is -0.910. The molecule has 17 heavy (non-hydrogen) atoms. The van der Waals surface area contributed by atoms with Gasteiger partial charge in [-0.05, 0) is 18.2 Å². The quantitative estimate of drug-likeness (QED) is 0.887. The van der Waals surface area contributed by atoms with Gasteiger partial charge in [0.1, 0.15) is 5.44 Å². The third kappa shape index (κ3) is 3.28. The van der Waals surface area contributed by atoms with E-state index in [1.807, 2.05) is 18.2 Å². The molecule has 1 unspecified atom stereocenters. The summed E-state index contributed by atoms with van der Waals surface area (Å²) in [5.41, 5.74) is 0.168. The third-order valence-corrected chi connectivity index (χ3v) is 3.61. The molecule has 1 atom stereocenters. The minimum atomic E-state index is 0.168. The van der Waals surface area contributed by atoms with Crippen molar-refractivity contribution in [1.82, 2.24) is 5.32 Å². The average molecular weight is 255 g/mol. The van der Waals surface area contributed by atoms with E-state index in [0.29, 0.717) is 0 Å². The summed E-state index contributed by atoms with van der Waals surface area (Å²) in [6, 6.07) is 5.91. The number of benzene rings is 1. The van der Waals surface area contributed by atoms with Gasteiger partial charge in [0.2, 0.25) is 0 Å². The fourth-order valence-corrected chi connectivity index (χ4v) is 2.65. The Morgan fingerprint density at radius 3 is 2.76 bits per heavy atom. The third-order valence-electron chi connectivity index (χ3n) is 2.52. The van der Waals surface area contributed by atoms with E-state index in [1.54, 1.807) is 26.0 Å². The van der Waals surface area contributed by atoms with E-state index < -0.39 is 0 Å². The first-order valence-electron chi connectivity index (χ1n) is 5.54. The predicted octanol–water partition coefficient (Wildman–Crippen LogP) is 1.74. The van der Waals surface area contributed by atoms with Crippen molar-refractivity contribution in [3.8, 4) is 11.5 Å². The maximum absolute atomic E-state index is 5.64. The van der Waals surface area contributed by atoms with Crippen molar-refractivity contribution >= 4 is 11.8 Å². The van der Waals surface area contributed by atoms with Crippen LogP contribution in [-0.2, 0) is 4.74 Å². The normalized spacial score (nSPS) is 20.0. The molecule has 2 rings (SSSR count). The monoisotopic (exact) mass is 255 g/mol. The Kier molecular flexibility index (Phi) is 4.53. The summed E-state index contributed by atoms with van der Waals surface area (Å²) < 4.78 is 16.1. The van der Waals surface area contributed by atoms with Gasteiger partial charge in [-0.1, -0.05) is 11.8 Å². The molecule has 4 nitrogen and oxygen atoms in total. The number of thioether (sulfide) groups is 1. The topological polar surface area (TPSA) is 39.7 Å². The lowest BCUT2D eigenvalue weighted by Crippen LogP contribution is -2.36. The van der Waals surface area contributed by atoms with Gasteiger partial charge < -0.3 is 19.5 Å². The van der Waals surface area contributed by atoms with Crippen LogP contribution in [0.2, 0.25) is 0 Å². The number of hydrogen-bond acceptors (Lipinski definition) is 5. The van der Waals surface area contributed by atoms with E-state index in [2.05, 4.69) is 5.32 Å². The molecule has 0 spiro atoms. The largest absolute Gasteiger partial charge is 0.493 e. The van der Waals surface area contributed by atoms with Crippen LogP contribution in [0.3, 0.4) is 0 Å². The first-order valence-corrected chi connectivity index (χ1v) is 6.42. The fourth-order valence-electron chi connectivity index (χ4n) is 1.66. The Morgan fingerprint density at radius 2 is 2.12 bits per heavy atom. The zero-order chi connectivity index (χ0) is 12.1. The molecular formula is C12H17NO3S. The number of morpholine rings is 1. The van der Waals surface area contributed by atoms with Crippen LogP contribution < -0.4 is 14.8 Å². The molecule has 0 radical (unpaired) electrons. The van der Waals surface area contributed by atoms with E-state index >= 15 is 0 Å². The zero-order valence-electron chi connectivity index (χ0n) is 10.1. The van der Waals surface area contributed by atoms with Gasteiger partial charge in [-0.15, -0.1) is 0 Å². The second-order valence-corrected chi connectivity index (χ2v) is 4.87. The zero-order valence-corrected chi connectivity index (χ0v) is 10.9. The SMILES string of the molecule is COc1ccc(SC2CNCCO2)cc1OC. The van der Waals surface area contributed by atoms with Crippen molar-refractivity contribution < 1.29 is 14.2 Å². The van der Waals surface area contributed by atoms with Crippen molar-refractivity contribution in [3.05, 3.63) is 18.2 Å². The highest BCUT2D eigenvalue weighted by Crippen LogP contribution is 2.33. The summed E-state index contributed by atoms with van der Waals surface area (Å²) in [6.45, 7) is 2.58. The van der Waals surface area contributed by atoms with E-state index in [1.165, 1.54) is 0 Å². The Balaban J connectivity index is 2.05. The van der Waals surface area contributed by atoms with Crippen molar-refractivity contribution in [2.45, 2.75) is 10.3 Å². The summed E-state index contributed by atoms with van der Waals surface area (Å²) in [6.07, 6.45) is 0. The Bertz CT molecular complexity index is 367. The highest BCUT2D eigenvalue weighted by atomic mass is 32.2. The fraction of sp³-hybridized carbons (Fsp3) is 0.500. The first-order chi connectivity index (χ1) is 8.33. The van der Waals surface area contributed by atoms with Gasteiger partial charge in [-0.25, -0.2) is 0 Å². The molecule has 1 aromatic carbocycles. The second-order valence-electron chi connectivity index (χ2n) is 3.64. The van der Waals surface area contributed by atoms with Crippen LogP contribution in [0.5, 0.6) is 11.5 Å². The maximum Gasteiger partial charge on any atom is 0.161 e. The van der Waals surface area contributed by atoms with E-state index in [9.17, 15) is 0 Å². The van der Waals surface area contributed by atoms with E-state index in [4.69, 9.17) is 14.2 Å². The van der Waals surface area contributed by atoms with Crippen LogP contribution in [0.4, 0.5) is 0 Å². The molecule has 1 saturated heterocycles. The van der Waals surface area contributed by atoms with Gasteiger partial charge in [0.15, 0.2) is 11.5 Å². The number of hydrogen-bond donors (Lipinski definition) is 1. The summed E-state index contributed by atoms with van der Waals surface area (Å²) >= 11 is 1.69. The molecule has 0 aromatic heterocycles. The predicted molar refractivity (Wildman–Crippen MR) is 68.0 cm³/mol. The molecule has 0 bridgehead atoms. The molecule has 0 saturated carbocycles. The molecule has 94 valence electrons. The minimum Gasteiger partial charge on any atom is -0.493 e. The van der Waals surface area contributed by atoms with Crippen LogP contribution >= 0.6 is 11.8 Å². The van der Waals surface area contributed by atoms with Crippen LogP contribution in [-0.4, -0.2) is 39.4 Å². The van der Waals surface area contributed by atoms with Gasteiger partial charge in [0, 0.05) is 18.0 Å². The van der Waals surface area contributed by atoms with E-state index in [-0.39, 0.29) is 5.44 Å². The van der Waals surface area contributed by atoms with Gasteiger partial charge in [-0.3, -0.25) is 0 Å². The first kappa shape index (κ1) is 12.5. The van der Waals surface area contributed by atoms with Crippen molar-refractivity contribution in [3.63, 3.8) is 0 Å². The Morgan fingerprint density at radius 1 is 1.29 bits per heavy atom. The van der Waals surface area contributed by atoms with Gasteiger partial charge in [0.05, 0.1) is 20.8 Å². The van der Waals surface area contributed by atoms with Gasteiger partial charge >= 0.3 is 0 Å². The highest BCUT2D eigenvalue weighted by molar-refractivity contribution is 7.99. The van der Waals surface area contributed by atoms with Crippen LogP contribution in [0.25, 0.3) is 0 Å². The minimum absolute atomic E-state index is 0.168.